The van der Waals surface area contributed by atoms with Crippen molar-refractivity contribution in [3.05, 3.63) is 35.1 Å². The topological polar surface area (TPSA) is 26.0 Å². The summed E-state index contributed by atoms with van der Waals surface area (Å²) in [5.41, 5.74) is 4.61. The van der Waals surface area contributed by atoms with Gasteiger partial charge in [-0.1, -0.05) is 0 Å². The van der Waals surface area contributed by atoms with Crippen LogP contribution in [0.3, 0.4) is 0 Å². The van der Waals surface area contributed by atoms with Crippen molar-refractivity contribution in [2.24, 2.45) is 5.73 Å². The van der Waals surface area contributed by atoms with E-state index in [0.717, 1.165) is 0 Å². The van der Waals surface area contributed by atoms with E-state index < -0.39 is 41.9 Å². The lowest BCUT2D eigenvalue weighted by atomic mass is 10.0. The molecule has 0 fully saturated rings. The van der Waals surface area contributed by atoms with E-state index in [4.69, 9.17) is 5.73 Å². The minimum absolute atomic E-state index is 0. The molecule has 2 N–H and O–H groups in total. The van der Waals surface area contributed by atoms with Gasteiger partial charge in [0.1, 0.15) is 5.82 Å². The molecule has 0 aliphatic carbocycles. The zero-order chi connectivity index (χ0) is 11.6. The normalized spacial score (nSPS) is 12.4. The molecule has 0 aliphatic rings. The van der Waals surface area contributed by atoms with Crippen molar-refractivity contribution in [1.29, 1.82) is 0 Å². The van der Waals surface area contributed by atoms with E-state index in [9.17, 15) is 22.0 Å². The van der Waals surface area contributed by atoms with Crippen LogP contribution < -0.4 is 5.73 Å². The molecule has 0 saturated carbocycles. The van der Waals surface area contributed by atoms with Crippen LogP contribution in [-0.2, 0) is 0 Å². The fourth-order valence-corrected chi connectivity index (χ4v) is 1.16. The van der Waals surface area contributed by atoms with Gasteiger partial charge in [-0.05, 0) is 6.07 Å². The minimum Gasteiger partial charge on any atom is -0.324 e. The summed E-state index contributed by atoms with van der Waals surface area (Å²) in [6.07, 6.45) is -3.61. The van der Waals surface area contributed by atoms with E-state index in [1.54, 1.807) is 0 Å². The molecule has 0 radical (unpaired) electrons. The summed E-state index contributed by atoms with van der Waals surface area (Å²) in [4.78, 5) is 0. The Labute approximate surface area is 94.8 Å². The predicted octanol–water partition coefficient (Wildman–Crippen LogP) is 3.18. The molecule has 16 heavy (non-hydrogen) atoms. The van der Waals surface area contributed by atoms with Gasteiger partial charge in [0, 0.05) is 24.1 Å². The molecular weight excluding hydrogens is 253 g/mol. The average molecular weight is 262 g/mol. The van der Waals surface area contributed by atoms with Gasteiger partial charge in [-0.15, -0.1) is 12.4 Å². The highest BCUT2D eigenvalue weighted by atomic mass is 35.5. The Bertz CT molecular complexity index is 358. The summed E-state index contributed by atoms with van der Waals surface area (Å²) >= 11 is 0. The Balaban J connectivity index is 0.00000225. The molecule has 1 aromatic rings. The first kappa shape index (κ1) is 15.1. The molecule has 0 saturated heterocycles. The Hall–Kier alpha value is -0.880. The van der Waals surface area contributed by atoms with Crippen LogP contribution in [0.15, 0.2) is 12.1 Å². The van der Waals surface area contributed by atoms with Crippen LogP contribution in [0.4, 0.5) is 22.0 Å². The lowest BCUT2D eigenvalue weighted by Crippen LogP contribution is -2.16. The van der Waals surface area contributed by atoms with Gasteiger partial charge in [0.2, 0.25) is 6.43 Å². The largest absolute Gasteiger partial charge is 0.324 e. The first-order valence-electron chi connectivity index (χ1n) is 4.10. The second-order valence-corrected chi connectivity index (χ2v) is 3.02. The van der Waals surface area contributed by atoms with Crippen LogP contribution in [0.5, 0.6) is 0 Å². The van der Waals surface area contributed by atoms with Gasteiger partial charge >= 0.3 is 0 Å². The highest BCUT2D eigenvalue weighted by Crippen LogP contribution is 2.23. The number of benzene rings is 1. The summed E-state index contributed by atoms with van der Waals surface area (Å²) in [7, 11) is 0. The standard InChI is InChI=1S/C9H8F5N.ClH/c10-4-1-5(7(15)3-8(12)13)9(14)6(11)2-4;/h1-2,7-8H,3,15H2;1H/t7-;/m0./s1. The molecule has 0 amide bonds. The monoisotopic (exact) mass is 261 g/mol. The number of alkyl halides is 2. The number of nitrogens with two attached hydrogens (primary N) is 1. The summed E-state index contributed by atoms with van der Waals surface area (Å²) in [6, 6.07) is -0.477. The van der Waals surface area contributed by atoms with Crippen LogP contribution in [0.2, 0.25) is 0 Å². The van der Waals surface area contributed by atoms with Gasteiger partial charge in [0.25, 0.3) is 0 Å². The van der Waals surface area contributed by atoms with Crippen LogP contribution in [0.1, 0.15) is 18.0 Å². The maximum absolute atomic E-state index is 13.0. The molecule has 0 bridgehead atoms. The van der Waals surface area contributed by atoms with E-state index in [-0.39, 0.29) is 12.4 Å². The number of hydrogen-bond acceptors (Lipinski definition) is 1. The third-order valence-corrected chi connectivity index (χ3v) is 1.85. The zero-order valence-electron chi connectivity index (χ0n) is 7.89. The molecule has 0 aliphatic heterocycles. The van der Waals surface area contributed by atoms with E-state index in [0.29, 0.717) is 12.1 Å². The van der Waals surface area contributed by atoms with Gasteiger partial charge in [0.15, 0.2) is 11.6 Å². The van der Waals surface area contributed by atoms with E-state index in [2.05, 4.69) is 0 Å². The summed E-state index contributed by atoms with van der Waals surface area (Å²) < 4.78 is 62.2. The maximum atomic E-state index is 13.0. The Morgan fingerprint density at radius 2 is 1.69 bits per heavy atom. The molecule has 0 spiro atoms. The number of hydrogen-bond donors (Lipinski definition) is 1. The fourth-order valence-electron chi connectivity index (χ4n) is 1.16. The van der Waals surface area contributed by atoms with Crippen LogP contribution in [0, 0.1) is 17.5 Å². The lowest BCUT2D eigenvalue weighted by molar-refractivity contribution is 0.127. The molecule has 1 atom stereocenters. The van der Waals surface area contributed by atoms with Gasteiger partial charge < -0.3 is 5.73 Å². The lowest BCUT2D eigenvalue weighted by Gasteiger charge is -2.12. The zero-order valence-corrected chi connectivity index (χ0v) is 8.71. The molecule has 1 rings (SSSR count). The first-order chi connectivity index (χ1) is 6.91. The fraction of sp³-hybridized carbons (Fsp3) is 0.333. The Morgan fingerprint density at radius 3 is 2.19 bits per heavy atom. The number of rotatable bonds is 3. The highest BCUT2D eigenvalue weighted by molar-refractivity contribution is 5.85. The van der Waals surface area contributed by atoms with Crippen molar-refractivity contribution in [2.75, 3.05) is 0 Å². The Morgan fingerprint density at radius 1 is 1.12 bits per heavy atom. The quantitative estimate of drug-likeness (QED) is 0.656. The van der Waals surface area contributed by atoms with Crippen LogP contribution >= 0.6 is 12.4 Å². The first-order valence-corrected chi connectivity index (χ1v) is 4.10. The summed E-state index contributed by atoms with van der Waals surface area (Å²) in [5.74, 6) is -3.87. The second kappa shape index (κ2) is 6.00. The van der Waals surface area contributed by atoms with Crippen molar-refractivity contribution in [3.63, 3.8) is 0 Å². The molecule has 0 aromatic heterocycles. The molecular formula is C9H9ClF5N. The molecule has 1 nitrogen and oxygen atoms in total. The molecule has 92 valence electrons. The second-order valence-electron chi connectivity index (χ2n) is 3.02. The molecule has 0 heterocycles. The third kappa shape index (κ3) is 3.61. The van der Waals surface area contributed by atoms with E-state index in [1.807, 2.05) is 0 Å². The van der Waals surface area contributed by atoms with E-state index >= 15 is 0 Å². The average Bonchev–Trinajstić information content (AvgIpc) is 2.09. The van der Waals surface area contributed by atoms with Crippen molar-refractivity contribution < 1.29 is 22.0 Å². The molecule has 7 heteroatoms. The third-order valence-electron chi connectivity index (χ3n) is 1.85. The summed E-state index contributed by atoms with van der Waals surface area (Å²) in [5, 5.41) is 0. The molecule has 0 unspecified atom stereocenters. The smallest absolute Gasteiger partial charge is 0.240 e. The Kier molecular flexibility index (Phi) is 5.67. The van der Waals surface area contributed by atoms with Crippen LogP contribution in [0.25, 0.3) is 0 Å². The van der Waals surface area contributed by atoms with Gasteiger partial charge in [-0.3, -0.25) is 0 Å². The van der Waals surface area contributed by atoms with Crippen LogP contribution in [-0.4, -0.2) is 6.43 Å². The van der Waals surface area contributed by atoms with Gasteiger partial charge in [-0.25, -0.2) is 22.0 Å². The van der Waals surface area contributed by atoms with Gasteiger partial charge in [0.05, 0.1) is 0 Å². The maximum Gasteiger partial charge on any atom is 0.240 e. The summed E-state index contributed by atoms with van der Waals surface area (Å²) in [6.45, 7) is 0. The van der Waals surface area contributed by atoms with Crippen molar-refractivity contribution in [1.82, 2.24) is 0 Å². The van der Waals surface area contributed by atoms with Crippen molar-refractivity contribution in [3.8, 4) is 0 Å². The van der Waals surface area contributed by atoms with E-state index in [1.165, 1.54) is 0 Å². The predicted molar refractivity (Wildman–Crippen MR) is 51.1 cm³/mol. The minimum atomic E-state index is -2.76. The van der Waals surface area contributed by atoms with Gasteiger partial charge in [-0.2, -0.15) is 0 Å². The highest BCUT2D eigenvalue weighted by Gasteiger charge is 2.20. The SMILES string of the molecule is Cl.N[C@@H](CC(F)F)c1cc(F)cc(F)c1F. The van der Waals surface area contributed by atoms with Crippen molar-refractivity contribution in [2.45, 2.75) is 18.9 Å². The number of halogens is 6. The molecule has 1 aromatic carbocycles. The van der Waals surface area contributed by atoms with Crippen molar-refractivity contribution >= 4 is 12.4 Å².